The highest BCUT2D eigenvalue weighted by Crippen LogP contribution is 2.17. The minimum atomic E-state index is -0.255. The summed E-state index contributed by atoms with van der Waals surface area (Å²) in [5, 5.41) is 5.51. The number of nitrogens with one attached hydrogen (secondary N) is 2. The van der Waals surface area contributed by atoms with Crippen molar-refractivity contribution in [3.63, 3.8) is 0 Å². The molecule has 0 saturated heterocycles. The molecule has 5 nitrogen and oxygen atoms in total. The normalized spacial score (nSPS) is 13.7. The Morgan fingerprint density at radius 1 is 1.04 bits per heavy atom. The average Bonchev–Trinajstić information content (AvgIpc) is 2.66. The van der Waals surface area contributed by atoms with Crippen LogP contribution < -0.4 is 10.6 Å². The summed E-state index contributed by atoms with van der Waals surface area (Å²) in [6.45, 7) is 3.29. The van der Waals surface area contributed by atoms with E-state index in [0.29, 0.717) is 12.1 Å². The Bertz CT molecular complexity index is 794. The summed E-state index contributed by atoms with van der Waals surface area (Å²) >= 11 is 3.33. The number of benzene rings is 2. The van der Waals surface area contributed by atoms with Crippen LogP contribution in [0.15, 0.2) is 53.0 Å². The SMILES string of the molecule is O=C(CNC(=O)c1cccc(Br)c1)NCCN1CCc2ccccc2C1. The Hall–Kier alpha value is -2.18. The predicted molar refractivity (Wildman–Crippen MR) is 105 cm³/mol. The lowest BCUT2D eigenvalue weighted by Crippen LogP contribution is -2.41. The standard InChI is InChI=1S/C20H22BrN3O2/c21-18-7-3-6-16(12-18)20(26)23-13-19(25)22-9-11-24-10-8-15-4-1-2-5-17(15)14-24/h1-7,12H,8-11,13-14H2,(H,22,25)(H,23,26). The van der Waals surface area contributed by atoms with Gasteiger partial charge in [-0.25, -0.2) is 0 Å². The van der Waals surface area contributed by atoms with E-state index in [4.69, 9.17) is 0 Å². The van der Waals surface area contributed by atoms with Crippen molar-refractivity contribution in [2.75, 3.05) is 26.2 Å². The smallest absolute Gasteiger partial charge is 0.251 e. The molecule has 1 aliphatic heterocycles. The van der Waals surface area contributed by atoms with E-state index >= 15 is 0 Å². The summed E-state index contributed by atoms with van der Waals surface area (Å²) in [7, 11) is 0. The Kier molecular flexibility index (Phi) is 6.41. The van der Waals surface area contributed by atoms with Crippen LogP contribution in [0.5, 0.6) is 0 Å². The molecule has 0 fully saturated rings. The van der Waals surface area contributed by atoms with E-state index in [1.807, 2.05) is 6.07 Å². The second-order valence-corrected chi connectivity index (χ2v) is 7.25. The molecule has 2 aromatic carbocycles. The highest BCUT2D eigenvalue weighted by Gasteiger charge is 2.15. The molecule has 0 atom stereocenters. The van der Waals surface area contributed by atoms with E-state index in [2.05, 4.69) is 55.7 Å². The molecule has 136 valence electrons. The molecule has 2 amide bonds. The van der Waals surface area contributed by atoms with Gasteiger partial charge in [0.1, 0.15) is 0 Å². The predicted octanol–water partition coefficient (Wildman–Crippen LogP) is 2.35. The topological polar surface area (TPSA) is 61.4 Å². The van der Waals surface area contributed by atoms with E-state index in [1.165, 1.54) is 11.1 Å². The van der Waals surface area contributed by atoms with E-state index in [9.17, 15) is 9.59 Å². The highest BCUT2D eigenvalue weighted by atomic mass is 79.9. The molecular weight excluding hydrogens is 394 g/mol. The minimum Gasteiger partial charge on any atom is -0.353 e. The fraction of sp³-hybridized carbons (Fsp3) is 0.300. The van der Waals surface area contributed by atoms with Crippen LogP contribution in [0.2, 0.25) is 0 Å². The third kappa shape index (κ3) is 5.16. The number of rotatable bonds is 6. The Morgan fingerprint density at radius 2 is 1.85 bits per heavy atom. The van der Waals surface area contributed by atoms with Crippen LogP contribution >= 0.6 is 15.9 Å². The second kappa shape index (κ2) is 8.96. The van der Waals surface area contributed by atoms with Crippen molar-refractivity contribution < 1.29 is 9.59 Å². The summed E-state index contributed by atoms with van der Waals surface area (Å²) in [5.41, 5.74) is 3.31. The monoisotopic (exact) mass is 415 g/mol. The average molecular weight is 416 g/mol. The number of nitrogens with zero attached hydrogens (tertiary/aromatic N) is 1. The van der Waals surface area contributed by atoms with E-state index < -0.39 is 0 Å². The van der Waals surface area contributed by atoms with Gasteiger partial charge in [-0.2, -0.15) is 0 Å². The van der Waals surface area contributed by atoms with Gasteiger partial charge in [0.2, 0.25) is 5.91 Å². The Balaban J connectivity index is 1.36. The van der Waals surface area contributed by atoms with Gasteiger partial charge in [-0.15, -0.1) is 0 Å². The lowest BCUT2D eigenvalue weighted by Gasteiger charge is -2.28. The molecule has 6 heteroatoms. The van der Waals surface area contributed by atoms with Crippen LogP contribution in [0.3, 0.4) is 0 Å². The summed E-state index contributed by atoms with van der Waals surface area (Å²) in [6.07, 6.45) is 1.05. The van der Waals surface area contributed by atoms with Gasteiger partial charge in [-0.3, -0.25) is 14.5 Å². The number of fused-ring (bicyclic) bond motifs is 1. The Labute approximate surface area is 161 Å². The molecule has 0 radical (unpaired) electrons. The van der Waals surface area contributed by atoms with Crippen molar-refractivity contribution in [2.24, 2.45) is 0 Å². The summed E-state index contributed by atoms with van der Waals surface area (Å²) in [5.74, 6) is -0.431. The van der Waals surface area contributed by atoms with Crippen LogP contribution in [0, 0.1) is 0 Å². The summed E-state index contributed by atoms with van der Waals surface area (Å²) < 4.78 is 0.831. The first-order valence-corrected chi connectivity index (χ1v) is 9.51. The van der Waals surface area contributed by atoms with Crippen molar-refractivity contribution in [2.45, 2.75) is 13.0 Å². The van der Waals surface area contributed by atoms with Gasteiger partial charge in [0.15, 0.2) is 0 Å². The maximum absolute atomic E-state index is 12.0. The van der Waals surface area contributed by atoms with Crippen molar-refractivity contribution in [1.29, 1.82) is 0 Å². The molecular formula is C20H22BrN3O2. The molecule has 2 aromatic rings. The van der Waals surface area contributed by atoms with Crippen molar-refractivity contribution in [3.8, 4) is 0 Å². The number of carbonyl (C=O) groups excluding carboxylic acids is 2. The maximum Gasteiger partial charge on any atom is 0.251 e. The van der Waals surface area contributed by atoms with Gasteiger partial charge < -0.3 is 10.6 Å². The van der Waals surface area contributed by atoms with Crippen molar-refractivity contribution in [1.82, 2.24) is 15.5 Å². The first kappa shape index (κ1) is 18.6. The second-order valence-electron chi connectivity index (χ2n) is 6.34. The quantitative estimate of drug-likeness (QED) is 0.760. The van der Waals surface area contributed by atoms with Crippen LogP contribution in [0.4, 0.5) is 0 Å². The van der Waals surface area contributed by atoms with Crippen LogP contribution in [0.25, 0.3) is 0 Å². The molecule has 0 saturated carbocycles. The molecule has 0 bridgehead atoms. The first-order chi connectivity index (χ1) is 12.6. The molecule has 1 heterocycles. The van der Waals surface area contributed by atoms with Gasteiger partial charge in [0, 0.05) is 36.2 Å². The Morgan fingerprint density at radius 3 is 2.65 bits per heavy atom. The largest absolute Gasteiger partial charge is 0.353 e. The fourth-order valence-electron chi connectivity index (χ4n) is 3.05. The summed E-state index contributed by atoms with van der Waals surface area (Å²) in [4.78, 5) is 26.3. The number of hydrogen-bond acceptors (Lipinski definition) is 3. The van der Waals surface area contributed by atoms with E-state index in [0.717, 1.165) is 30.5 Å². The zero-order valence-corrected chi connectivity index (χ0v) is 16.1. The zero-order valence-electron chi connectivity index (χ0n) is 14.5. The molecule has 0 aliphatic carbocycles. The van der Waals surface area contributed by atoms with Gasteiger partial charge in [0.25, 0.3) is 5.91 Å². The lowest BCUT2D eigenvalue weighted by molar-refractivity contribution is -0.120. The van der Waals surface area contributed by atoms with Gasteiger partial charge >= 0.3 is 0 Å². The minimum absolute atomic E-state index is 0.0197. The molecule has 0 spiro atoms. The van der Waals surface area contributed by atoms with E-state index in [1.54, 1.807) is 18.2 Å². The van der Waals surface area contributed by atoms with Crippen LogP contribution in [-0.4, -0.2) is 42.9 Å². The van der Waals surface area contributed by atoms with E-state index in [-0.39, 0.29) is 18.4 Å². The number of halogens is 1. The number of amides is 2. The van der Waals surface area contributed by atoms with Crippen molar-refractivity contribution in [3.05, 3.63) is 69.7 Å². The molecule has 0 unspecified atom stereocenters. The maximum atomic E-state index is 12.0. The lowest BCUT2D eigenvalue weighted by atomic mass is 10.00. The third-order valence-corrected chi connectivity index (χ3v) is 4.95. The van der Waals surface area contributed by atoms with Gasteiger partial charge in [-0.1, -0.05) is 46.3 Å². The van der Waals surface area contributed by atoms with Crippen LogP contribution in [-0.2, 0) is 17.8 Å². The summed E-state index contributed by atoms with van der Waals surface area (Å²) in [6, 6.07) is 15.6. The third-order valence-electron chi connectivity index (χ3n) is 4.46. The molecule has 26 heavy (non-hydrogen) atoms. The molecule has 1 aliphatic rings. The van der Waals surface area contributed by atoms with Crippen molar-refractivity contribution >= 4 is 27.7 Å². The molecule has 2 N–H and O–H groups in total. The first-order valence-electron chi connectivity index (χ1n) is 8.71. The van der Waals surface area contributed by atoms with Gasteiger partial charge in [0.05, 0.1) is 6.54 Å². The zero-order chi connectivity index (χ0) is 18.4. The molecule has 0 aromatic heterocycles. The van der Waals surface area contributed by atoms with Crippen LogP contribution in [0.1, 0.15) is 21.5 Å². The number of carbonyl (C=O) groups is 2. The highest BCUT2D eigenvalue weighted by molar-refractivity contribution is 9.10. The molecule has 3 rings (SSSR count). The number of hydrogen-bond donors (Lipinski definition) is 2. The fourth-order valence-corrected chi connectivity index (χ4v) is 3.45. The van der Waals surface area contributed by atoms with Gasteiger partial charge in [-0.05, 0) is 35.7 Å².